The second-order valence-corrected chi connectivity index (χ2v) is 3.96. The van der Waals surface area contributed by atoms with Crippen LogP contribution in [0.25, 0.3) is 0 Å². The van der Waals surface area contributed by atoms with Crippen molar-refractivity contribution in [1.29, 1.82) is 0 Å². The lowest BCUT2D eigenvalue weighted by molar-refractivity contribution is 0.351. The third kappa shape index (κ3) is 1.82. The molecule has 0 aromatic heterocycles. The van der Waals surface area contributed by atoms with E-state index in [1.807, 2.05) is 0 Å². The van der Waals surface area contributed by atoms with Gasteiger partial charge in [-0.1, -0.05) is 6.42 Å². The zero-order valence-corrected chi connectivity index (χ0v) is 8.63. The third-order valence-electron chi connectivity index (χ3n) is 2.85. The molecule has 1 atom stereocenters. The minimum atomic E-state index is -0.991. The fourth-order valence-corrected chi connectivity index (χ4v) is 2.03. The summed E-state index contributed by atoms with van der Waals surface area (Å²) in [5.74, 6) is -3.42. The Morgan fingerprint density at radius 2 is 1.75 bits per heavy atom. The number of hydrogen-bond acceptors (Lipinski definition) is 3. The first-order valence-corrected chi connectivity index (χ1v) is 5.24. The summed E-state index contributed by atoms with van der Waals surface area (Å²) < 4.78 is 27.2. The van der Waals surface area contributed by atoms with Gasteiger partial charge in [-0.05, 0) is 19.4 Å². The maximum atomic E-state index is 13.6. The van der Waals surface area contributed by atoms with Gasteiger partial charge in [0.2, 0.25) is 0 Å². The first-order valence-electron chi connectivity index (χ1n) is 5.24. The van der Waals surface area contributed by atoms with Crippen LogP contribution in [0.15, 0.2) is 6.07 Å². The van der Waals surface area contributed by atoms with Gasteiger partial charge in [0.1, 0.15) is 0 Å². The maximum Gasteiger partial charge on any atom is 0.172 e. The molecular weight excluding hydrogens is 216 g/mol. The van der Waals surface area contributed by atoms with Crippen molar-refractivity contribution in [2.45, 2.75) is 25.3 Å². The van der Waals surface area contributed by atoms with Crippen molar-refractivity contribution in [1.82, 2.24) is 5.32 Å². The second kappa shape index (κ2) is 4.25. The molecule has 1 aliphatic heterocycles. The normalized spacial score (nSPS) is 21.0. The van der Waals surface area contributed by atoms with Gasteiger partial charge in [0.05, 0.1) is 0 Å². The van der Waals surface area contributed by atoms with Gasteiger partial charge < -0.3 is 15.5 Å². The fraction of sp³-hybridized carbons (Fsp3) is 0.455. The van der Waals surface area contributed by atoms with Gasteiger partial charge in [0.25, 0.3) is 0 Å². The minimum absolute atomic E-state index is 0.266. The molecule has 1 aliphatic rings. The smallest absolute Gasteiger partial charge is 0.172 e. The molecular formula is C11H13F2NO2. The maximum absolute atomic E-state index is 13.6. The molecule has 1 saturated heterocycles. The summed E-state index contributed by atoms with van der Waals surface area (Å²) in [6.45, 7) is 0.681. The van der Waals surface area contributed by atoms with Crippen molar-refractivity contribution in [2.24, 2.45) is 0 Å². The Morgan fingerprint density at radius 1 is 1.12 bits per heavy atom. The second-order valence-electron chi connectivity index (χ2n) is 3.96. The highest BCUT2D eigenvalue weighted by atomic mass is 19.1. The summed E-state index contributed by atoms with van der Waals surface area (Å²) in [6, 6.07) is 0.198. The van der Waals surface area contributed by atoms with Crippen LogP contribution in [-0.2, 0) is 0 Å². The lowest BCUT2D eigenvalue weighted by atomic mass is 9.96. The van der Waals surface area contributed by atoms with E-state index in [0.29, 0.717) is 19.0 Å². The fourth-order valence-electron chi connectivity index (χ4n) is 2.03. The average Bonchev–Trinajstić information content (AvgIpc) is 2.28. The van der Waals surface area contributed by atoms with Crippen molar-refractivity contribution in [2.75, 3.05) is 6.54 Å². The third-order valence-corrected chi connectivity index (χ3v) is 2.85. The highest BCUT2D eigenvalue weighted by molar-refractivity contribution is 5.41. The molecule has 0 aliphatic carbocycles. The number of phenolic OH excluding ortho intramolecular Hbond substituents is 2. The van der Waals surface area contributed by atoms with Crippen LogP contribution in [0.2, 0.25) is 0 Å². The first kappa shape index (κ1) is 11.1. The van der Waals surface area contributed by atoms with Crippen molar-refractivity contribution in [3.8, 4) is 11.5 Å². The number of benzene rings is 1. The molecule has 0 spiro atoms. The summed E-state index contributed by atoms with van der Waals surface area (Å²) >= 11 is 0. The Hall–Kier alpha value is -1.36. The highest BCUT2D eigenvalue weighted by Crippen LogP contribution is 2.35. The van der Waals surface area contributed by atoms with Crippen LogP contribution >= 0.6 is 0 Å². The van der Waals surface area contributed by atoms with Crippen LogP contribution in [0.3, 0.4) is 0 Å². The Bertz CT molecular complexity index is 377. The number of phenols is 2. The largest absolute Gasteiger partial charge is 0.505 e. The molecule has 88 valence electrons. The van der Waals surface area contributed by atoms with Gasteiger partial charge in [-0.2, -0.15) is 0 Å². The molecule has 1 aromatic carbocycles. The Kier molecular flexibility index (Phi) is 2.96. The van der Waals surface area contributed by atoms with E-state index in [9.17, 15) is 19.0 Å². The van der Waals surface area contributed by atoms with Gasteiger partial charge >= 0.3 is 0 Å². The Labute approximate surface area is 91.7 Å². The zero-order valence-electron chi connectivity index (χ0n) is 8.63. The molecule has 2 rings (SSSR count). The van der Waals surface area contributed by atoms with Crippen molar-refractivity contribution < 1.29 is 19.0 Å². The highest BCUT2D eigenvalue weighted by Gasteiger charge is 2.26. The average molecular weight is 229 g/mol. The molecule has 0 amide bonds. The number of halogens is 2. The van der Waals surface area contributed by atoms with E-state index in [0.717, 1.165) is 12.8 Å². The minimum Gasteiger partial charge on any atom is -0.505 e. The predicted molar refractivity (Wildman–Crippen MR) is 54.3 cm³/mol. The van der Waals surface area contributed by atoms with Crippen LogP contribution in [0, 0.1) is 11.6 Å². The van der Waals surface area contributed by atoms with Crippen LogP contribution in [-0.4, -0.2) is 16.8 Å². The molecule has 1 fully saturated rings. The summed E-state index contributed by atoms with van der Waals surface area (Å²) in [4.78, 5) is 0. The lowest BCUT2D eigenvalue weighted by Gasteiger charge is -2.24. The van der Waals surface area contributed by atoms with E-state index in [1.165, 1.54) is 0 Å². The molecule has 1 unspecified atom stereocenters. The summed E-state index contributed by atoms with van der Waals surface area (Å²) in [7, 11) is 0. The molecule has 0 bridgehead atoms. The van der Waals surface area contributed by atoms with E-state index >= 15 is 0 Å². The van der Waals surface area contributed by atoms with Gasteiger partial charge in [-0.15, -0.1) is 0 Å². The van der Waals surface area contributed by atoms with Gasteiger partial charge in [-0.3, -0.25) is 0 Å². The molecule has 5 heteroatoms. The number of piperidine rings is 1. The molecule has 3 N–H and O–H groups in total. The Balaban J connectivity index is 2.45. The monoisotopic (exact) mass is 229 g/mol. The first-order chi connectivity index (χ1) is 7.61. The van der Waals surface area contributed by atoms with E-state index in [4.69, 9.17) is 0 Å². The number of nitrogens with one attached hydrogen (secondary N) is 1. The van der Waals surface area contributed by atoms with Crippen molar-refractivity contribution >= 4 is 0 Å². The standard InChI is InChI=1S/C11H13F2NO2/c12-10-7(15)5-8(16)11(13)9(10)6-3-1-2-4-14-6/h5-6,14-16H,1-4H2. The van der Waals surface area contributed by atoms with Crippen LogP contribution in [0.4, 0.5) is 8.78 Å². The topological polar surface area (TPSA) is 52.5 Å². The molecule has 0 saturated carbocycles. The molecule has 3 nitrogen and oxygen atoms in total. The number of aromatic hydroxyl groups is 2. The number of rotatable bonds is 1. The van der Waals surface area contributed by atoms with E-state index in [2.05, 4.69) is 5.32 Å². The quantitative estimate of drug-likeness (QED) is 0.692. The molecule has 1 aromatic rings. The van der Waals surface area contributed by atoms with Crippen LogP contribution in [0.1, 0.15) is 30.9 Å². The van der Waals surface area contributed by atoms with Crippen molar-refractivity contribution in [3.63, 3.8) is 0 Å². The van der Waals surface area contributed by atoms with Crippen LogP contribution in [0.5, 0.6) is 11.5 Å². The predicted octanol–water partition coefficient (Wildman–Crippen LogP) is 2.19. The Morgan fingerprint density at radius 3 is 2.25 bits per heavy atom. The molecule has 0 radical (unpaired) electrons. The summed E-state index contributed by atoms with van der Waals surface area (Å²) in [5.41, 5.74) is -0.266. The van der Waals surface area contributed by atoms with Gasteiger partial charge in [0.15, 0.2) is 23.1 Å². The number of hydrogen-bond donors (Lipinski definition) is 3. The van der Waals surface area contributed by atoms with Gasteiger partial charge in [0, 0.05) is 17.7 Å². The van der Waals surface area contributed by atoms with E-state index in [1.54, 1.807) is 0 Å². The zero-order chi connectivity index (χ0) is 11.7. The summed E-state index contributed by atoms with van der Waals surface area (Å²) in [5, 5.41) is 21.4. The summed E-state index contributed by atoms with van der Waals surface area (Å²) in [6.07, 6.45) is 2.42. The van der Waals surface area contributed by atoms with E-state index in [-0.39, 0.29) is 5.56 Å². The van der Waals surface area contributed by atoms with Gasteiger partial charge in [-0.25, -0.2) is 8.78 Å². The molecule has 1 heterocycles. The lowest BCUT2D eigenvalue weighted by Crippen LogP contribution is -2.28. The van der Waals surface area contributed by atoms with Crippen LogP contribution < -0.4 is 5.32 Å². The SMILES string of the molecule is Oc1cc(O)c(F)c(C2CCCCN2)c1F. The van der Waals surface area contributed by atoms with E-state index < -0.39 is 29.2 Å². The molecule has 16 heavy (non-hydrogen) atoms. The van der Waals surface area contributed by atoms with Crippen molar-refractivity contribution in [3.05, 3.63) is 23.3 Å².